The number of benzene rings is 1. The summed E-state index contributed by atoms with van der Waals surface area (Å²) in [5.74, 6) is -3.03. The van der Waals surface area contributed by atoms with Crippen molar-refractivity contribution in [3.63, 3.8) is 0 Å². The second-order valence-corrected chi connectivity index (χ2v) is 7.91. The molecule has 0 N–H and O–H groups in total. The number of nitrogens with zero attached hydrogens (tertiary/aromatic N) is 2. The molecule has 2 saturated heterocycles. The molecule has 0 saturated carbocycles. The Morgan fingerprint density at radius 2 is 2.12 bits per heavy atom. The fourth-order valence-corrected chi connectivity index (χ4v) is 4.51. The Labute approximate surface area is 158 Å². The topological polar surface area (TPSA) is 32.8 Å². The van der Waals surface area contributed by atoms with Gasteiger partial charge >= 0.3 is 0 Å². The predicted octanol–water partition coefficient (Wildman–Crippen LogP) is 3.44. The van der Waals surface area contributed by atoms with Crippen molar-refractivity contribution in [3.8, 4) is 0 Å². The van der Waals surface area contributed by atoms with E-state index in [2.05, 4.69) is 0 Å². The zero-order valence-electron chi connectivity index (χ0n) is 15.0. The lowest BCUT2D eigenvalue weighted by Crippen LogP contribution is -2.61. The standard InChI is InChI=1S/C19H25ClF2N2O2/c1-26-9-8-24-7-3-6-18(17(24)25)12-19(21,22)14-23(13-18)11-15-4-2-5-16(20)10-15/h2,4-5,10H,3,6-9,11-14H2,1H3. The zero-order chi connectivity index (χ0) is 18.8. The van der Waals surface area contributed by atoms with Gasteiger partial charge in [-0.2, -0.15) is 0 Å². The monoisotopic (exact) mass is 386 g/mol. The van der Waals surface area contributed by atoms with Gasteiger partial charge in [-0.15, -0.1) is 0 Å². The molecule has 0 aliphatic carbocycles. The fraction of sp³-hybridized carbons (Fsp3) is 0.632. The minimum Gasteiger partial charge on any atom is -0.383 e. The molecule has 2 aliphatic heterocycles. The highest BCUT2D eigenvalue weighted by Crippen LogP contribution is 2.45. The van der Waals surface area contributed by atoms with E-state index in [1.54, 1.807) is 29.0 Å². The van der Waals surface area contributed by atoms with Crippen LogP contribution in [0, 0.1) is 5.41 Å². The molecule has 144 valence electrons. The molecule has 7 heteroatoms. The average Bonchev–Trinajstić information content (AvgIpc) is 2.55. The van der Waals surface area contributed by atoms with Crippen LogP contribution in [0.4, 0.5) is 8.78 Å². The predicted molar refractivity (Wildman–Crippen MR) is 96.4 cm³/mol. The van der Waals surface area contributed by atoms with Gasteiger partial charge in [-0.3, -0.25) is 9.69 Å². The molecule has 1 aromatic rings. The summed E-state index contributed by atoms with van der Waals surface area (Å²) in [7, 11) is 1.58. The van der Waals surface area contributed by atoms with E-state index in [4.69, 9.17) is 16.3 Å². The van der Waals surface area contributed by atoms with E-state index in [0.29, 0.717) is 44.2 Å². The van der Waals surface area contributed by atoms with Gasteiger partial charge in [0.2, 0.25) is 5.91 Å². The summed E-state index contributed by atoms with van der Waals surface area (Å²) in [4.78, 5) is 16.4. The number of likely N-dealkylation sites (tertiary alicyclic amines) is 2. The zero-order valence-corrected chi connectivity index (χ0v) is 15.8. The number of carbonyl (C=O) groups excluding carboxylic acids is 1. The van der Waals surface area contributed by atoms with Crippen molar-refractivity contribution in [2.75, 3.05) is 39.9 Å². The van der Waals surface area contributed by atoms with E-state index in [1.807, 2.05) is 12.1 Å². The number of carbonyl (C=O) groups is 1. The van der Waals surface area contributed by atoms with E-state index in [-0.39, 0.29) is 18.9 Å². The minimum absolute atomic E-state index is 0.156. The van der Waals surface area contributed by atoms with Crippen molar-refractivity contribution in [2.24, 2.45) is 5.41 Å². The molecular weight excluding hydrogens is 362 g/mol. The lowest BCUT2D eigenvalue weighted by molar-refractivity contribution is -0.170. The molecule has 1 spiro atoms. The lowest BCUT2D eigenvalue weighted by atomic mass is 9.71. The molecular formula is C19H25ClF2N2O2. The highest BCUT2D eigenvalue weighted by Gasteiger charge is 2.54. The van der Waals surface area contributed by atoms with Crippen molar-refractivity contribution in [3.05, 3.63) is 34.9 Å². The van der Waals surface area contributed by atoms with Gasteiger partial charge in [-0.25, -0.2) is 8.78 Å². The van der Waals surface area contributed by atoms with Crippen LogP contribution in [0.5, 0.6) is 0 Å². The first-order valence-corrected chi connectivity index (χ1v) is 9.34. The van der Waals surface area contributed by atoms with E-state index in [1.165, 1.54) is 0 Å². The summed E-state index contributed by atoms with van der Waals surface area (Å²) >= 11 is 6.01. The number of amides is 1. The van der Waals surface area contributed by atoms with Gasteiger partial charge in [0.15, 0.2) is 0 Å². The van der Waals surface area contributed by atoms with Crippen molar-refractivity contribution in [1.29, 1.82) is 0 Å². The van der Waals surface area contributed by atoms with Crippen LogP contribution in [0.2, 0.25) is 5.02 Å². The number of hydrogen-bond acceptors (Lipinski definition) is 3. The molecule has 2 fully saturated rings. The molecule has 0 aromatic heterocycles. The van der Waals surface area contributed by atoms with Crippen LogP contribution in [-0.4, -0.2) is 61.5 Å². The normalized spacial score (nSPS) is 26.5. The quantitative estimate of drug-likeness (QED) is 0.777. The van der Waals surface area contributed by atoms with E-state index >= 15 is 0 Å². The Bertz CT molecular complexity index is 658. The van der Waals surface area contributed by atoms with Gasteiger partial charge in [0.05, 0.1) is 18.6 Å². The van der Waals surface area contributed by atoms with E-state index in [0.717, 1.165) is 12.0 Å². The average molecular weight is 387 g/mol. The Hall–Kier alpha value is -1.24. The van der Waals surface area contributed by atoms with Crippen LogP contribution in [0.3, 0.4) is 0 Å². The first-order valence-electron chi connectivity index (χ1n) is 8.97. The molecule has 4 nitrogen and oxygen atoms in total. The summed E-state index contributed by atoms with van der Waals surface area (Å²) < 4.78 is 34.2. The lowest BCUT2D eigenvalue weighted by Gasteiger charge is -2.49. The number of piperidine rings is 2. The molecule has 1 unspecified atom stereocenters. The summed E-state index contributed by atoms with van der Waals surface area (Å²) in [5.41, 5.74) is -0.128. The summed E-state index contributed by atoms with van der Waals surface area (Å²) in [6, 6.07) is 7.23. The molecule has 1 amide bonds. The van der Waals surface area contributed by atoms with Crippen molar-refractivity contribution < 1.29 is 18.3 Å². The number of alkyl halides is 2. The van der Waals surface area contributed by atoms with E-state index in [9.17, 15) is 13.6 Å². The van der Waals surface area contributed by atoms with Crippen molar-refractivity contribution in [2.45, 2.75) is 31.7 Å². The highest BCUT2D eigenvalue weighted by atomic mass is 35.5. The van der Waals surface area contributed by atoms with E-state index < -0.39 is 11.3 Å². The Morgan fingerprint density at radius 3 is 2.85 bits per heavy atom. The second kappa shape index (κ2) is 7.79. The smallest absolute Gasteiger partial charge is 0.261 e. The van der Waals surface area contributed by atoms with Gasteiger partial charge in [0.1, 0.15) is 0 Å². The Balaban J connectivity index is 1.79. The van der Waals surface area contributed by atoms with Gasteiger partial charge in [-0.05, 0) is 30.5 Å². The number of rotatable bonds is 5. The maximum Gasteiger partial charge on any atom is 0.261 e. The molecule has 2 aliphatic rings. The Kier molecular flexibility index (Phi) is 5.85. The van der Waals surface area contributed by atoms with Crippen molar-refractivity contribution >= 4 is 17.5 Å². The van der Waals surface area contributed by atoms with Gasteiger partial charge in [-0.1, -0.05) is 23.7 Å². The third-order valence-corrected chi connectivity index (χ3v) is 5.50. The van der Waals surface area contributed by atoms with Crippen LogP contribution in [0.25, 0.3) is 0 Å². The molecule has 0 bridgehead atoms. The fourth-order valence-electron chi connectivity index (χ4n) is 4.30. The minimum atomic E-state index is -2.88. The third-order valence-electron chi connectivity index (χ3n) is 5.26. The van der Waals surface area contributed by atoms with Gasteiger partial charge in [0, 0.05) is 44.7 Å². The van der Waals surface area contributed by atoms with Crippen LogP contribution in [0.15, 0.2) is 24.3 Å². The molecule has 1 atom stereocenters. The second-order valence-electron chi connectivity index (χ2n) is 7.48. The number of hydrogen-bond donors (Lipinski definition) is 0. The first-order chi connectivity index (χ1) is 12.3. The first kappa shape index (κ1) is 19.5. The van der Waals surface area contributed by atoms with Gasteiger partial charge < -0.3 is 9.64 Å². The van der Waals surface area contributed by atoms with Crippen LogP contribution in [0.1, 0.15) is 24.8 Å². The number of methoxy groups -OCH3 is 1. The number of ether oxygens (including phenoxy) is 1. The largest absolute Gasteiger partial charge is 0.383 e. The molecule has 26 heavy (non-hydrogen) atoms. The number of halogens is 3. The van der Waals surface area contributed by atoms with Crippen molar-refractivity contribution in [1.82, 2.24) is 9.80 Å². The summed E-state index contributed by atoms with van der Waals surface area (Å²) in [5, 5.41) is 0.584. The SMILES string of the molecule is COCCN1CCCC2(CN(Cc3cccc(Cl)c3)CC(F)(F)C2)C1=O. The maximum atomic E-state index is 14.6. The molecule has 3 rings (SSSR count). The van der Waals surface area contributed by atoms with Crippen LogP contribution in [-0.2, 0) is 16.1 Å². The molecule has 2 heterocycles. The van der Waals surface area contributed by atoms with Gasteiger partial charge in [0.25, 0.3) is 5.92 Å². The van der Waals surface area contributed by atoms with Crippen LogP contribution < -0.4 is 0 Å². The van der Waals surface area contributed by atoms with Crippen LogP contribution >= 0.6 is 11.6 Å². The highest BCUT2D eigenvalue weighted by molar-refractivity contribution is 6.30. The summed E-state index contributed by atoms with van der Waals surface area (Å²) in [6.45, 7) is 1.89. The molecule has 1 aromatic carbocycles. The molecule has 0 radical (unpaired) electrons. The Morgan fingerprint density at radius 1 is 1.31 bits per heavy atom. The summed E-state index contributed by atoms with van der Waals surface area (Å²) in [6.07, 6.45) is 0.891. The maximum absolute atomic E-state index is 14.6. The third kappa shape index (κ3) is 4.35.